The lowest BCUT2D eigenvalue weighted by Gasteiger charge is -2.25. The molecule has 0 heterocycles. The smallest absolute Gasteiger partial charge is 0.361 e. The summed E-state index contributed by atoms with van der Waals surface area (Å²) in [4.78, 5) is 37.5. The zero-order valence-electron chi connectivity index (χ0n) is 51.7. The van der Waals surface area contributed by atoms with Gasteiger partial charge in [-0.2, -0.15) is 0 Å². The Morgan fingerprint density at radius 1 is 0.342 bits per heavy atom. The third-order valence-corrected chi connectivity index (χ3v) is 15.6. The summed E-state index contributed by atoms with van der Waals surface area (Å²) in [5.41, 5.74) is 0. The fourth-order valence-electron chi connectivity index (χ4n) is 10.4. The average Bonchev–Trinajstić information content (AvgIpc) is 3.39. The Kier molecular flexibility index (Phi) is 58.1. The molecule has 0 aromatic rings. The Morgan fingerprint density at radius 3 is 0.842 bits per heavy atom. The van der Waals surface area contributed by atoms with Crippen LogP contribution in [0, 0.1) is 0 Å². The number of carbonyl (C=O) groups excluding carboxylic acids is 2. The first kappa shape index (κ1) is 74.3. The van der Waals surface area contributed by atoms with Crippen molar-refractivity contribution in [2.24, 2.45) is 0 Å². The molecular weight excluding hydrogens is 947 g/mol. The van der Waals surface area contributed by atoms with Gasteiger partial charge in [-0.1, -0.05) is 328 Å². The molecule has 0 aliphatic heterocycles. The lowest BCUT2D eigenvalue weighted by atomic mass is 10.0. The van der Waals surface area contributed by atoms with E-state index in [1.807, 2.05) is 21.1 Å². The summed E-state index contributed by atoms with van der Waals surface area (Å²) in [5, 5.41) is 9.73. The monoisotopic (exact) mass is 1080 g/mol. The minimum Gasteiger partial charge on any atom is -0.477 e. The number of likely N-dealkylation sites (N-methyl/N-ethyl adjacent to an activating group) is 1. The van der Waals surface area contributed by atoms with Crippen LogP contribution in [0.25, 0.3) is 0 Å². The normalized spacial score (nSPS) is 12.6. The molecule has 9 heteroatoms. The van der Waals surface area contributed by atoms with E-state index in [9.17, 15) is 19.5 Å². The maximum absolute atomic E-state index is 12.9. The van der Waals surface area contributed by atoms with E-state index in [4.69, 9.17) is 18.9 Å². The summed E-state index contributed by atoms with van der Waals surface area (Å²) in [5.74, 6) is -1.97. The van der Waals surface area contributed by atoms with Crippen LogP contribution in [0.1, 0.15) is 354 Å². The van der Waals surface area contributed by atoms with Gasteiger partial charge >= 0.3 is 17.9 Å². The number of esters is 2. The van der Waals surface area contributed by atoms with Crippen molar-refractivity contribution >= 4 is 17.9 Å². The number of nitrogens with zero attached hydrogens (tertiary/aromatic N) is 1. The molecule has 0 saturated heterocycles. The zero-order chi connectivity index (χ0) is 55.5. The van der Waals surface area contributed by atoms with Crippen LogP contribution < -0.4 is 0 Å². The van der Waals surface area contributed by atoms with Crippen LogP contribution in [0.3, 0.4) is 0 Å². The van der Waals surface area contributed by atoms with Crippen molar-refractivity contribution in [2.75, 3.05) is 47.5 Å². The van der Waals surface area contributed by atoms with Gasteiger partial charge in [0, 0.05) is 12.8 Å². The Balaban J connectivity index is 4.04. The molecule has 0 saturated carbocycles. The second-order valence-corrected chi connectivity index (χ2v) is 24.5. The van der Waals surface area contributed by atoms with E-state index in [2.05, 4.69) is 13.8 Å². The highest BCUT2D eigenvalue weighted by atomic mass is 16.7. The van der Waals surface area contributed by atoms with Crippen LogP contribution in [-0.2, 0) is 33.3 Å². The molecule has 9 nitrogen and oxygen atoms in total. The molecule has 76 heavy (non-hydrogen) atoms. The van der Waals surface area contributed by atoms with Crippen LogP contribution in [0.15, 0.2) is 0 Å². The zero-order valence-corrected chi connectivity index (χ0v) is 51.7. The third-order valence-electron chi connectivity index (χ3n) is 15.6. The minimum absolute atomic E-state index is 0.172. The summed E-state index contributed by atoms with van der Waals surface area (Å²) in [6.45, 7) is 4.97. The van der Waals surface area contributed by atoms with E-state index in [0.717, 1.165) is 38.5 Å². The summed E-state index contributed by atoms with van der Waals surface area (Å²) < 4.78 is 23.0. The number of hydrogen-bond donors (Lipinski definition) is 1. The molecule has 0 bridgehead atoms. The van der Waals surface area contributed by atoms with Gasteiger partial charge in [0.25, 0.3) is 6.29 Å². The van der Waals surface area contributed by atoms with Crippen molar-refractivity contribution in [3.8, 4) is 0 Å². The summed E-state index contributed by atoms with van der Waals surface area (Å²) in [7, 11) is 5.99. The van der Waals surface area contributed by atoms with Gasteiger partial charge in [0.15, 0.2) is 6.10 Å². The van der Waals surface area contributed by atoms with Crippen molar-refractivity contribution in [1.82, 2.24) is 0 Å². The molecule has 1 N–H and O–H groups in total. The van der Waals surface area contributed by atoms with Crippen LogP contribution in [0.2, 0.25) is 0 Å². The van der Waals surface area contributed by atoms with Crippen molar-refractivity contribution in [1.29, 1.82) is 0 Å². The van der Waals surface area contributed by atoms with E-state index in [1.165, 1.54) is 289 Å². The van der Waals surface area contributed by atoms with Gasteiger partial charge in [-0.05, 0) is 12.8 Å². The molecule has 0 aromatic heterocycles. The van der Waals surface area contributed by atoms with Crippen LogP contribution in [0.4, 0.5) is 0 Å². The summed E-state index contributed by atoms with van der Waals surface area (Å²) in [6, 6.07) is 0. The van der Waals surface area contributed by atoms with Crippen LogP contribution in [-0.4, -0.2) is 87.4 Å². The first-order chi connectivity index (χ1) is 37.1. The maximum atomic E-state index is 12.9. The molecule has 2 unspecified atom stereocenters. The quantitative estimate of drug-likeness (QED) is 0.0278. The largest absolute Gasteiger partial charge is 0.477 e. The lowest BCUT2D eigenvalue weighted by Crippen LogP contribution is -2.40. The number of ether oxygens (including phenoxy) is 4. The topological polar surface area (TPSA) is 108 Å². The number of quaternary nitrogens is 1. The van der Waals surface area contributed by atoms with Gasteiger partial charge in [-0.3, -0.25) is 9.59 Å². The van der Waals surface area contributed by atoms with Gasteiger partial charge in [-0.15, -0.1) is 0 Å². The predicted octanol–water partition coefficient (Wildman–Crippen LogP) is 20.3. The second kappa shape index (κ2) is 59.4. The number of carbonyl (C=O) groups is 3. The van der Waals surface area contributed by atoms with Gasteiger partial charge < -0.3 is 28.5 Å². The SMILES string of the molecule is CCCCCCCCCCCCCCCCCCCCCCCCCCCCCCCCCC(=O)OC(COC(=O)CCCCCCCCCCCCCCCCCCCCCC)COC(OCC[N+](C)(C)C)C(=O)O. The predicted molar refractivity (Wildman–Crippen MR) is 323 cm³/mol. The van der Waals surface area contributed by atoms with Gasteiger partial charge in [0.1, 0.15) is 13.2 Å². The molecule has 2 atom stereocenters. The van der Waals surface area contributed by atoms with E-state index in [-0.39, 0.29) is 38.2 Å². The molecule has 0 fully saturated rings. The van der Waals surface area contributed by atoms with Gasteiger partial charge in [-0.25, -0.2) is 4.79 Å². The van der Waals surface area contributed by atoms with Crippen molar-refractivity contribution < 1.29 is 42.9 Å². The fourth-order valence-corrected chi connectivity index (χ4v) is 10.4. The number of aliphatic carboxylic acids is 1. The average molecular weight is 1080 g/mol. The van der Waals surface area contributed by atoms with Crippen molar-refractivity contribution in [3.63, 3.8) is 0 Å². The number of carboxylic acid groups (broad SMARTS) is 1. The van der Waals surface area contributed by atoms with E-state index >= 15 is 0 Å². The summed E-state index contributed by atoms with van der Waals surface area (Å²) >= 11 is 0. The first-order valence-corrected chi connectivity index (χ1v) is 33.7. The minimum atomic E-state index is -1.50. The molecule has 0 aliphatic rings. The molecule has 0 amide bonds. The Bertz CT molecular complexity index is 1210. The molecule has 0 radical (unpaired) electrons. The van der Waals surface area contributed by atoms with Crippen molar-refractivity contribution in [2.45, 2.75) is 367 Å². The van der Waals surface area contributed by atoms with Gasteiger partial charge in [0.2, 0.25) is 0 Å². The molecule has 452 valence electrons. The number of unbranched alkanes of at least 4 members (excludes halogenated alkanes) is 49. The highest BCUT2D eigenvalue weighted by molar-refractivity contribution is 5.71. The molecular formula is C67H132NO8+. The number of hydrogen-bond acceptors (Lipinski definition) is 7. The molecule has 0 spiro atoms. The molecule has 0 aliphatic carbocycles. The Morgan fingerprint density at radius 2 is 0.592 bits per heavy atom. The lowest BCUT2D eigenvalue weighted by molar-refractivity contribution is -0.870. The maximum Gasteiger partial charge on any atom is 0.361 e. The Labute approximate surface area is 473 Å². The second-order valence-electron chi connectivity index (χ2n) is 24.5. The van der Waals surface area contributed by atoms with Crippen molar-refractivity contribution in [3.05, 3.63) is 0 Å². The highest BCUT2D eigenvalue weighted by Crippen LogP contribution is 2.19. The summed E-state index contributed by atoms with van der Waals surface area (Å²) in [6.07, 6.45) is 66.4. The standard InChI is InChI=1S/C67H131NO8/c1-6-8-10-12-14-16-18-20-22-24-26-28-29-30-31-32-33-34-35-36-37-38-40-42-44-46-48-50-52-54-56-58-65(70)76-63(62-75-67(66(71)72)73-60-59-68(3,4)5)61-74-64(69)57-55-53-51-49-47-45-43-41-39-27-25-23-21-19-17-15-13-11-9-7-2/h63,67H,6-62H2,1-5H3/p+1. The molecule has 0 rings (SSSR count). The Hall–Kier alpha value is -1.71. The van der Waals surface area contributed by atoms with Gasteiger partial charge in [0.05, 0.1) is 34.4 Å². The van der Waals surface area contributed by atoms with Crippen LogP contribution >= 0.6 is 0 Å². The fraction of sp³-hybridized carbons (Fsp3) is 0.955. The van der Waals surface area contributed by atoms with E-state index in [1.54, 1.807) is 0 Å². The number of carboxylic acids is 1. The van der Waals surface area contributed by atoms with Crippen LogP contribution in [0.5, 0.6) is 0 Å². The number of rotatable bonds is 64. The molecule has 0 aromatic carbocycles. The third kappa shape index (κ3) is 59.9. The van der Waals surface area contributed by atoms with E-state index < -0.39 is 18.4 Å². The first-order valence-electron chi connectivity index (χ1n) is 33.7. The van der Waals surface area contributed by atoms with E-state index in [0.29, 0.717) is 17.4 Å². The highest BCUT2D eigenvalue weighted by Gasteiger charge is 2.25.